The van der Waals surface area contributed by atoms with Crippen LogP contribution in [-0.4, -0.2) is 9.55 Å². The van der Waals surface area contributed by atoms with Crippen LogP contribution in [0.5, 0.6) is 0 Å². The Morgan fingerprint density at radius 1 is 1.18 bits per heavy atom. The molecule has 0 aliphatic rings. The number of nitrogens with zero attached hydrogens (tertiary/aromatic N) is 2. The van der Waals surface area contributed by atoms with Crippen LogP contribution in [0.1, 0.15) is 17.0 Å². The molecule has 0 radical (unpaired) electrons. The van der Waals surface area contributed by atoms with E-state index in [4.69, 9.17) is 11.6 Å². The van der Waals surface area contributed by atoms with Crippen molar-refractivity contribution < 1.29 is 4.39 Å². The summed E-state index contributed by atoms with van der Waals surface area (Å²) in [6.45, 7) is 0.566. The molecule has 1 aromatic heterocycles. The van der Waals surface area contributed by atoms with Crippen molar-refractivity contribution in [3.05, 3.63) is 87.1 Å². The first-order chi connectivity index (χ1) is 10.6. The Morgan fingerprint density at radius 2 is 2.00 bits per heavy atom. The first kappa shape index (κ1) is 15.3. The van der Waals surface area contributed by atoms with Gasteiger partial charge in [0.05, 0.1) is 0 Å². The average molecular weight is 380 g/mol. The molecule has 0 aliphatic carbocycles. The Hall–Kier alpha value is -1.65. The van der Waals surface area contributed by atoms with E-state index in [0.717, 1.165) is 26.4 Å². The predicted octanol–water partition coefficient (Wildman–Crippen LogP) is 5.08. The highest BCUT2D eigenvalue weighted by Crippen LogP contribution is 2.20. The summed E-state index contributed by atoms with van der Waals surface area (Å²) in [6, 6.07) is 12.6. The van der Waals surface area contributed by atoms with Crippen LogP contribution in [0.15, 0.2) is 59.3 Å². The molecule has 22 heavy (non-hydrogen) atoms. The van der Waals surface area contributed by atoms with Crippen molar-refractivity contribution in [3.8, 4) is 0 Å². The Balaban J connectivity index is 1.85. The standard InChI is InChI=1S/C17H13BrClFN2/c18-14-7-12(8-15(20)10-14)11-22-6-5-21-17(22)9-13-3-1-2-4-16(13)19/h1-8,10H,9,11H2. The molecule has 2 nitrogen and oxygen atoms in total. The SMILES string of the molecule is Fc1cc(Br)cc(Cn2ccnc2Cc2ccccc2Cl)c1. The van der Waals surface area contributed by atoms with Crippen LogP contribution in [0.4, 0.5) is 4.39 Å². The Labute approximate surface area is 141 Å². The smallest absolute Gasteiger partial charge is 0.124 e. The fraction of sp³-hybridized carbons (Fsp3) is 0.118. The lowest BCUT2D eigenvalue weighted by Crippen LogP contribution is -2.05. The van der Waals surface area contributed by atoms with Crippen molar-refractivity contribution in [1.82, 2.24) is 9.55 Å². The average Bonchev–Trinajstić information content (AvgIpc) is 2.87. The van der Waals surface area contributed by atoms with Crippen molar-refractivity contribution >= 4 is 27.5 Å². The lowest BCUT2D eigenvalue weighted by Gasteiger charge is -2.10. The fourth-order valence-corrected chi connectivity index (χ4v) is 3.08. The van der Waals surface area contributed by atoms with Gasteiger partial charge in [0.1, 0.15) is 11.6 Å². The van der Waals surface area contributed by atoms with Crippen LogP contribution < -0.4 is 0 Å². The number of halogens is 3. The van der Waals surface area contributed by atoms with E-state index >= 15 is 0 Å². The monoisotopic (exact) mass is 378 g/mol. The Bertz CT molecular complexity index is 781. The maximum Gasteiger partial charge on any atom is 0.124 e. The van der Waals surface area contributed by atoms with Gasteiger partial charge in [0.15, 0.2) is 0 Å². The summed E-state index contributed by atoms with van der Waals surface area (Å²) < 4.78 is 16.2. The number of hydrogen-bond donors (Lipinski definition) is 0. The molecule has 0 unspecified atom stereocenters. The minimum absolute atomic E-state index is 0.253. The van der Waals surface area contributed by atoms with Gasteiger partial charge in [0, 0.05) is 34.9 Å². The molecular formula is C17H13BrClFN2. The minimum atomic E-state index is -0.253. The highest BCUT2D eigenvalue weighted by molar-refractivity contribution is 9.10. The van der Waals surface area contributed by atoms with Crippen LogP contribution in [0.3, 0.4) is 0 Å². The van der Waals surface area contributed by atoms with Crippen LogP contribution in [0, 0.1) is 5.82 Å². The summed E-state index contributed by atoms with van der Waals surface area (Å²) in [5.74, 6) is 0.644. The lowest BCUT2D eigenvalue weighted by atomic mass is 10.1. The van der Waals surface area contributed by atoms with Gasteiger partial charge in [-0.2, -0.15) is 0 Å². The van der Waals surface area contributed by atoms with Gasteiger partial charge in [-0.05, 0) is 35.4 Å². The van der Waals surface area contributed by atoms with Gasteiger partial charge in [-0.3, -0.25) is 0 Å². The zero-order chi connectivity index (χ0) is 15.5. The van der Waals surface area contributed by atoms with E-state index in [-0.39, 0.29) is 5.82 Å². The summed E-state index contributed by atoms with van der Waals surface area (Å²) in [6.07, 6.45) is 4.29. The molecule has 0 saturated carbocycles. The second-order valence-electron chi connectivity index (χ2n) is 5.02. The lowest BCUT2D eigenvalue weighted by molar-refractivity contribution is 0.621. The zero-order valence-electron chi connectivity index (χ0n) is 11.6. The van der Waals surface area contributed by atoms with Crippen LogP contribution in [0.25, 0.3) is 0 Å². The van der Waals surface area contributed by atoms with Crippen molar-refractivity contribution in [2.75, 3.05) is 0 Å². The molecule has 112 valence electrons. The minimum Gasteiger partial charge on any atom is -0.330 e. The molecule has 0 saturated heterocycles. The molecule has 5 heteroatoms. The number of benzene rings is 2. The Morgan fingerprint density at radius 3 is 2.77 bits per heavy atom. The normalized spacial score (nSPS) is 10.9. The van der Waals surface area contributed by atoms with Crippen molar-refractivity contribution in [2.45, 2.75) is 13.0 Å². The van der Waals surface area contributed by atoms with Gasteiger partial charge in [-0.15, -0.1) is 0 Å². The van der Waals surface area contributed by atoms with Crippen molar-refractivity contribution in [1.29, 1.82) is 0 Å². The first-order valence-corrected chi connectivity index (χ1v) is 7.97. The van der Waals surface area contributed by atoms with E-state index in [2.05, 4.69) is 20.9 Å². The maximum absolute atomic E-state index is 13.5. The molecule has 2 aromatic carbocycles. The van der Waals surface area contributed by atoms with Crippen LogP contribution >= 0.6 is 27.5 Å². The highest BCUT2D eigenvalue weighted by Gasteiger charge is 2.08. The zero-order valence-corrected chi connectivity index (χ0v) is 14.0. The third-order valence-electron chi connectivity index (χ3n) is 3.38. The topological polar surface area (TPSA) is 17.8 Å². The maximum atomic E-state index is 13.5. The van der Waals surface area contributed by atoms with Crippen LogP contribution in [0.2, 0.25) is 5.02 Å². The molecule has 1 heterocycles. The predicted molar refractivity (Wildman–Crippen MR) is 89.7 cm³/mol. The molecule has 3 aromatic rings. The molecular weight excluding hydrogens is 367 g/mol. The number of hydrogen-bond acceptors (Lipinski definition) is 1. The molecule has 0 aliphatic heterocycles. The van der Waals surface area contributed by atoms with Crippen molar-refractivity contribution in [2.24, 2.45) is 0 Å². The van der Waals surface area contributed by atoms with Crippen molar-refractivity contribution in [3.63, 3.8) is 0 Å². The summed E-state index contributed by atoms with van der Waals surface area (Å²) in [4.78, 5) is 4.39. The molecule has 0 fully saturated rings. The molecule has 0 spiro atoms. The Kier molecular flexibility index (Phi) is 4.60. The molecule has 0 amide bonds. The van der Waals surface area contributed by atoms with Crippen LogP contribution in [-0.2, 0) is 13.0 Å². The second-order valence-corrected chi connectivity index (χ2v) is 6.34. The second kappa shape index (κ2) is 6.63. The molecule has 0 bridgehead atoms. The quantitative estimate of drug-likeness (QED) is 0.618. The van der Waals surface area contributed by atoms with E-state index < -0.39 is 0 Å². The highest BCUT2D eigenvalue weighted by atomic mass is 79.9. The largest absolute Gasteiger partial charge is 0.330 e. The van der Waals surface area contributed by atoms with Gasteiger partial charge in [-0.25, -0.2) is 9.37 Å². The molecule has 0 N–H and O–H groups in total. The van der Waals surface area contributed by atoms with Gasteiger partial charge in [0.25, 0.3) is 0 Å². The summed E-state index contributed by atoms with van der Waals surface area (Å²) in [7, 11) is 0. The van der Waals surface area contributed by atoms with E-state index in [1.165, 1.54) is 12.1 Å². The first-order valence-electron chi connectivity index (χ1n) is 6.80. The number of rotatable bonds is 4. The third-order valence-corrected chi connectivity index (χ3v) is 4.21. The van der Waals surface area contributed by atoms with Gasteiger partial charge in [-0.1, -0.05) is 45.7 Å². The van der Waals surface area contributed by atoms with E-state index in [1.807, 2.05) is 41.1 Å². The van der Waals surface area contributed by atoms with Gasteiger partial charge >= 0.3 is 0 Å². The fourth-order valence-electron chi connectivity index (χ4n) is 2.36. The van der Waals surface area contributed by atoms with E-state index in [1.54, 1.807) is 6.20 Å². The summed E-state index contributed by atoms with van der Waals surface area (Å²) in [5, 5.41) is 0.727. The number of aromatic nitrogens is 2. The van der Waals surface area contributed by atoms with Gasteiger partial charge < -0.3 is 4.57 Å². The molecule has 3 rings (SSSR count). The van der Waals surface area contributed by atoms with E-state index in [9.17, 15) is 4.39 Å². The summed E-state index contributed by atoms with van der Waals surface area (Å²) in [5.41, 5.74) is 1.90. The van der Waals surface area contributed by atoms with Gasteiger partial charge in [0.2, 0.25) is 0 Å². The van der Waals surface area contributed by atoms with E-state index in [0.29, 0.717) is 13.0 Å². The number of imidazole rings is 1. The summed E-state index contributed by atoms with van der Waals surface area (Å²) >= 11 is 9.52. The molecule has 0 atom stereocenters. The third kappa shape index (κ3) is 3.57.